The third-order valence-electron chi connectivity index (χ3n) is 4.01. The van der Waals surface area contributed by atoms with Crippen LogP contribution in [0.5, 0.6) is 0 Å². The highest BCUT2D eigenvalue weighted by Gasteiger charge is 1.85. The number of pyridine rings is 1. The molecule has 4 rings (SSSR count). The molecule has 3 aromatic heterocycles. The van der Waals surface area contributed by atoms with Crippen LogP contribution in [0.15, 0.2) is 66.2 Å². The lowest BCUT2D eigenvalue weighted by Gasteiger charge is -1.90. The normalized spacial score (nSPS) is 8.94. The van der Waals surface area contributed by atoms with Gasteiger partial charge in [-0.3, -0.25) is 4.98 Å². The minimum absolute atomic E-state index is 1.08. The lowest BCUT2D eigenvalue weighted by molar-refractivity contribution is 1.17. The monoisotopic (exact) mass is 467 g/mol. The predicted octanol–water partition coefficient (Wildman–Crippen LogP) is 9.76. The summed E-state index contributed by atoms with van der Waals surface area (Å²) in [7, 11) is 0. The summed E-state index contributed by atoms with van der Waals surface area (Å²) in [5, 5.41) is 2.16. The minimum atomic E-state index is 1.08. The molecule has 0 aliphatic heterocycles. The molecule has 0 fully saturated rings. The van der Waals surface area contributed by atoms with E-state index >= 15 is 0 Å². The number of hydrogen-bond acceptors (Lipinski definition) is 3. The van der Waals surface area contributed by atoms with Gasteiger partial charge in [-0.2, -0.15) is 0 Å². The van der Waals surface area contributed by atoms with Crippen LogP contribution >= 0.6 is 22.7 Å². The van der Waals surface area contributed by atoms with Crippen LogP contribution in [0, 0.1) is 55.4 Å². The first kappa shape index (κ1) is 29.8. The number of aryl methyl sites for hydroxylation is 8. The molecule has 0 radical (unpaired) electrons. The smallest absolute Gasteiger partial charge is 0.0372 e. The highest BCUT2D eigenvalue weighted by Crippen LogP contribution is 2.12. The molecule has 3 heterocycles. The average molecular weight is 468 g/mol. The van der Waals surface area contributed by atoms with Gasteiger partial charge in [0, 0.05) is 26.5 Å². The molecule has 3 heteroatoms. The van der Waals surface area contributed by atoms with Gasteiger partial charge >= 0.3 is 0 Å². The maximum atomic E-state index is 4.08. The number of aromatic nitrogens is 1. The molecule has 0 aliphatic rings. The lowest BCUT2D eigenvalue weighted by Crippen LogP contribution is -1.78. The van der Waals surface area contributed by atoms with Crippen LogP contribution < -0.4 is 0 Å². The Balaban J connectivity index is 0.000000391. The molecular formula is C29H41NS2. The van der Waals surface area contributed by atoms with Crippen molar-refractivity contribution in [3.8, 4) is 0 Å². The van der Waals surface area contributed by atoms with Crippen LogP contribution in [0.2, 0.25) is 0 Å². The Morgan fingerprint density at radius 1 is 0.531 bits per heavy atom. The van der Waals surface area contributed by atoms with Crippen molar-refractivity contribution in [1.82, 2.24) is 4.98 Å². The molecule has 0 N–H and O–H groups in total. The Kier molecular flexibility index (Phi) is 16.1. The lowest BCUT2D eigenvalue weighted by atomic mass is 10.2. The molecule has 0 amide bonds. The third-order valence-corrected chi connectivity index (χ3v) is 5.91. The zero-order chi connectivity index (χ0) is 24.5. The van der Waals surface area contributed by atoms with Gasteiger partial charge in [-0.15, -0.1) is 22.7 Å². The molecule has 1 nitrogen and oxygen atoms in total. The second-order valence-electron chi connectivity index (χ2n) is 7.52. The van der Waals surface area contributed by atoms with Gasteiger partial charge in [-0.05, 0) is 96.2 Å². The fraction of sp³-hybridized carbons (Fsp3) is 0.345. The first-order chi connectivity index (χ1) is 15.2. The van der Waals surface area contributed by atoms with Gasteiger partial charge in [-0.25, -0.2) is 0 Å². The fourth-order valence-electron chi connectivity index (χ4n) is 2.31. The Hall–Kier alpha value is -2.23. The van der Waals surface area contributed by atoms with Gasteiger partial charge < -0.3 is 0 Å². The van der Waals surface area contributed by atoms with Crippen molar-refractivity contribution in [2.24, 2.45) is 0 Å². The first-order valence-electron chi connectivity index (χ1n) is 11.1. The second kappa shape index (κ2) is 17.3. The standard InChI is InChI=1S/C8H10.C7H9N.2C6H8S.C2H6/c1-7-3-5-8(2)6-4-7;1-6-3-4-7(2)8-5-6;1-5-3-6(2)7-4-5;1-5-3-4-6(2)7-5;1-2/h3-6H,1-2H3;3-5H,1-2H3;2*3-4H,1-2H3;1-2H3. The quantitative estimate of drug-likeness (QED) is 0.251. The Morgan fingerprint density at radius 2 is 1.00 bits per heavy atom. The van der Waals surface area contributed by atoms with E-state index in [0.717, 1.165) is 5.69 Å². The van der Waals surface area contributed by atoms with Crippen LogP contribution in [0.4, 0.5) is 0 Å². The molecule has 0 spiro atoms. The summed E-state index contributed by atoms with van der Waals surface area (Å²) in [6, 6.07) is 19.0. The van der Waals surface area contributed by atoms with E-state index in [1.165, 1.54) is 36.9 Å². The molecule has 0 aliphatic carbocycles. The van der Waals surface area contributed by atoms with Crippen molar-refractivity contribution >= 4 is 22.7 Å². The Labute approximate surface area is 205 Å². The molecule has 0 saturated heterocycles. The molecule has 0 bridgehead atoms. The van der Waals surface area contributed by atoms with Crippen LogP contribution in [0.25, 0.3) is 0 Å². The summed E-state index contributed by atoms with van der Waals surface area (Å²) in [6.45, 7) is 20.7. The van der Waals surface area contributed by atoms with Crippen molar-refractivity contribution in [3.05, 3.63) is 109 Å². The highest BCUT2D eigenvalue weighted by atomic mass is 32.1. The van der Waals surface area contributed by atoms with Crippen LogP contribution in [0.3, 0.4) is 0 Å². The van der Waals surface area contributed by atoms with E-state index in [0.29, 0.717) is 0 Å². The maximum Gasteiger partial charge on any atom is 0.0372 e. The summed E-state index contributed by atoms with van der Waals surface area (Å²) in [5.74, 6) is 0. The van der Waals surface area contributed by atoms with E-state index in [2.05, 4.69) is 100 Å². The third kappa shape index (κ3) is 15.6. The zero-order valence-electron chi connectivity index (χ0n) is 21.6. The Morgan fingerprint density at radius 3 is 1.22 bits per heavy atom. The SMILES string of the molecule is CC.Cc1ccc(C)cc1.Cc1ccc(C)nc1.Cc1ccc(C)s1.Cc1csc(C)c1. The molecule has 32 heavy (non-hydrogen) atoms. The summed E-state index contributed by atoms with van der Waals surface area (Å²) in [4.78, 5) is 8.28. The van der Waals surface area contributed by atoms with E-state index in [1.54, 1.807) is 11.3 Å². The largest absolute Gasteiger partial charge is 0.261 e. The van der Waals surface area contributed by atoms with Crippen molar-refractivity contribution in [3.63, 3.8) is 0 Å². The molecule has 0 unspecified atom stereocenters. The maximum absolute atomic E-state index is 4.08. The summed E-state index contributed by atoms with van der Waals surface area (Å²) in [5.41, 5.74) is 6.33. The summed E-state index contributed by atoms with van der Waals surface area (Å²) >= 11 is 3.65. The topological polar surface area (TPSA) is 12.9 Å². The van der Waals surface area contributed by atoms with Gasteiger partial charge in [0.25, 0.3) is 0 Å². The molecule has 174 valence electrons. The summed E-state index contributed by atoms with van der Waals surface area (Å²) < 4.78 is 0. The highest BCUT2D eigenvalue weighted by molar-refractivity contribution is 7.11. The van der Waals surface area contributed by atoms with Gasteiger partial charge in [-0.1, -0.05) is 55.3 Å². The molecule has 0 saturated carbocycles. The van der Waals surface area contributed by atoms with Gasteiger partial charge in [0.1, 0.15) is 0 Å². The van der Waals surface area contributed by atoms with Crippen molar-refractivity contribution < 1.29 is 0 Å². The van der Waals surface area contributed by atoms with Gasteiger partial charge in [0.05, 0.1) is 0 Å². The number of nitrogens with zero attached hydrogens (tertiary/aromatic N) is 1. The molecule has 0 atom stereocenters. The predicted molar refractivity (Wildman–Crippen MR) is 149 cm³/mol. The average Bonchev–Trinajstić information content (AvgIpc) is 3.35. The van der Waals surface area contributed by atoms with Crippen molar-refractivity contribution in [1.29, 1.82) is 0 Å². The van der Waals surface area contributed by atoms with Crippen LogP contribution in [0.1, 0.15) is 56.4 Å². The molecule has 1 aromatic carbocycles. The number of benzene rings is 1. The van der Waals surface area contributed by atoms with E-state index in [4.69, 9.17) is 0 Å². The van der Waals surface area contributed by atoms with E-state index in [-0.39, 0.29) is 0 Å². The van der Waals surface area contributed by atoms with E-state index in [1.807, 2.05) is 51.3 Å². The number of rotatable bonds is 0. The van der Waals surface area contributed by atoms with Gasteiger partial charge in [0.2, 0.25) is 0 Å². The van der Waals surface area contributed by atoms with Crippen molar-refractivity contribution in [2.45, 2.75) is 69.2 Å². The van der Waals surface area contributed by atoms with Crippen molar-refractivity contribution in [2.75, 3.05) is 0 Å². The number of thiophene rings is 2. The molecular weight excluding hydrogens is 426 g/mol. The minimum Gasteiger partial charge on any atom is -0.261 e. The van der Waals surface area contributed by atoms with E-state index < -0.39 is 0 Å². The fourth-order valence-corrected chi connectivity index (χ4v) is 3.78. The van der Waals surface area contributed by atoms with Crippen LogP contribution in [-0.2, 0) is 0 Å². The number of hydrogen-bond donors (Lipinski definition) is 0. The first-order valence-corrected chi connectivity index (χ1v) is 12.8. The Bertz CT molecular complexity index is 804. The van der Waals surface area contributed by atoms with Crippen LogP contribution in [-0.4, -0.2) is 4.98 Å². The van der Waals surface area contributed by atoms with E-state index in [9.17, 15) is 0 Å². The summed E-state index contributed by atoms with van der Waals surface area (Å²) in [6.07, 6.45) is 1.87. The second-order valence-corrected chi connectivity index (χ2v) is 10.1. The zero-order valence-corrected chi connectivity index (χ0v) is 23.2. The van der Waals surface area contributed by atoms with Gasteiger partial charge in [0.15, 0.2) is 0 Å². The molecule has 4 aromatic rings.